The zero-order chi connectivity index (χ0) is 12.5. The van der Waals surface area contributed by atoms with Gasteiger partial charge in [0, 0.05) is 0 Å². The van der Waals surface area contributed by atoms with Crippen LogP contribution < -0.4 is 0 Å². The standard InChI is InChI=1S/C18H26/c1-4-5-6-12-9-18(3)11-14(12)16-15(18)13-7-8-17(16,2)10-13/h5-8,12-16H,4,9-11H2,1-3H3. The van der Waals surface area contributed by atoms with E-state index in [4.69, 9.17) is 0 Å². The fourth-order valence-electron chi connectivity index (χ4n) is 6.51. The Hall–Kier alpha value is -0.520. The molecule has 7 atom stereocenters. The van der Waals surface area contributed by atoms with E-state index in [1.165, 1.54) is 25.7 Å². The Kier molecular flexibility index (Phi) is 2.09. The highest BCUT2D eigenvalue weighted by molar-refractivity contribution is 5.28. The van der Waals surface area contributed by atoms with Crippen molar-refractivity contribution in [3.8, 4) is 0 Å². The van der Waals surface area contributed by atoms with Crippen LogP contribution in [0.15, 0.2) is 24.3 Å². The number of rotatable bonds is 2. The minimum atomic E-state index is 0.552. The molecule has 0 aromatic carbocycles. The van der Waals surface area contributed by atoms with Gasteiger partial charge in [-0.1, -0.05) is 45.1 Å². The van der Waals surface area contributed by atoms with Gasteiger partial charge in [-0.25, -0.2) is 0 Å². The second kappa shape index (κ2) is 3.32. The first-order valence-corrected chi connectivity index (χ1v) is 7.93. The van der Waals surface area contributed by atoms with Crippen LogP contribution in [0.25, 0.3) is 0 Å². The Morgan fingerprint density at radius 3 is 2.78 bits per heavy atom. The molecule has 0 heteroatoms. The van der Waals surface area contributed by atoms with Crippen LogP contribution >= 0.6 is 0 Å². The van der Waals surface area contributed by atoms with Gasteiger partial charge in [0.25, 0.3) is 0 Å². The van der Waals surface area contributed by atoms with Gasteiger partial charge in [-0.3, -0.25) is 0 Å². The Morgan fingerprint density at radius 2 is 2.00 bits per heavy atom. The van der Waals surface area contributed by atoms with Crippen molar-refractivity contribution in [2.24, 2.45) is 40.4 Å². The van der Waals surface area contributed by atoms with E-state index in [0.717, 1.165) is 29.6 Å². The molecule has 0 saturated heterocycles. The van der Waals surface area contributed by atoms with Gasteiger partial charge in [0.1, 0.15) is 0 Å². The van der Waals surface area contributed by atoms with Crippen molar-refractivity contribution in [3.05, 3.63) is 24.3 Å². The third-order valence-electron chi connectivity index (χ3n) is 6.85. The van der Waals surface area contributed by atoms with E-state index in [1.54, 1.807) is 0 Å². The first-order valence-electron chi connectivity index (χ1n) is 7.93. The summed E-state index contributed by atoms with van der Waals surface area (Å²) in [5, 5.41) is 0. The van der Waals surface area contributed by atoms with E-state index in [2.05, 4.69) is 45.1 Å². The molecular weight excluding hydrogens is 216 g/mol. The van der Waals surface area contributed by atoms with Crippen molar-refractivity contribution in [1.29, 1.82) is 0 Å². The minimum Gasteiger partial charge on any atom is -0.0885 e. The summed E-state index contributed by atoms with van der Waals surface area (Å²) >= 11 is 0. The van der Waals surface area contributed by atoms with Gasteiger partial charge in [-0.15, -0.1) is 0 Å². The molecule has 3 fully saturated rings. The fourth-order valence-corrected chi connectivity index (χ4v) is 6.51. The van der Waals surface area contributed by atoms with E-state index < -0.39 is 0 Å². The summed E-state index contributed by atoms with van der Waals surface area (Å²) in [6.07, 6.45) is 15.7. The van der Waals surface area contributed by atoms with Crippen LogP contribution in [-0.2, 0) is 0 Å². The number of hydrogen-bond donors (Lipinski definition) is 0. The van der Waals surface area contributed by atoms with E-state index in [9.17, 15) is 0 Å². The number of fused-ring (bicyclic) bond motifs is 9. The van der Waals surface area contributed by atoms with E-state index in [1.807, 2.05) is 0 Å². The molecule has 0 radical (unpaired) electrons. The maximum atomic E-state index is 2.60. The molecule has 0 amide bonds. The molecule has 98 valence electrons. The summed E-state index contributed by atoms with van der Waals surface area (Å²) in [6.45, 7) is 7.40. The molecule has 0 N–H and O–H groups in total. The van der Waals surface area contributed by atoms with Gasteiger partial charge in [0.05, 0.1) is 0 Å². The molecule has 0 heterocycles. The van der Waals surface area contributed by atoms with Gasteiger partial charge >= 0.3 is 0 Å². The lowest BCUT2D eigenvalue weighted by molar-refractivity contribution is 0.0861. The highest BCUT2D eigenvalue weighted by Gasteiger charge is 2.68. The molecule has 0 aromatic heterocycles. The maximum Gasteiger partial charge on any atom is -0.0107 e. The predicted octanol–water partition coefficient (Wildman–Crippen LogP) is 4.83. The van der Waals surface area contributed by atoms with E-state index >= 15 is 0 Å². The Morgan fingerprint density at radius 1 is 1.17 bits per heavy atom. The molecule has 0 spiro atoms. The summed E-state index contributed by atoms with van der Waals surface area (Å²) < 4.78 is 0. The van der Waals surface area contributed by atoms with Crippen molar-refractivity contribution < 1.29 is 0 Å². The minimum absolute atomic E-state index is 0.552. The lowest BCUT2D eigenvalue weighted by Crippen LogP contribution is -2.38. The molecule has 7 unspecified atom stereocenters. The topological polar surface area (TPSA) is 0 Å². The highest BCUT2D eigenvalue weighted by Crippen LogP contribution is 2.75. The van der Waals surface area contributed by atoms with Crippen LogP contribution in [0.3, 0.4) is 0 Å². The Labute approximate surface area is 112 Å². The smallest absolute Gasteiger partial charge is 0.0107 e. The van der Waals surface area contributed by atoms with Gasteiger partial charge in [-0.2, -0.15) is 0 Å². The molecule has 4 rings (SSSR count). The number of allylic oxidation sites excluding steroid dienone is 4. The zero-order valence-electron chi connectivity index (χ0n) is 12.0. The fraction of sp³-hybridized carbons (Fsp3) is 0.778. The van der Waals surface area contributed by atoms with Gasteiger partial charge in [0.15, 0.2) is 0 Å². The molecular formula is C18H26. The lowest BCUT2D eigenvalue weighted by atomic mass is 9.61. The van der Waals surface area contributed by atoms with Crippen molar-refractivity contribution in [2.45, 2.75) is 46.5 Å². The van der Waals surface area contributed by atoms with Crippen molar-refractivity contribution in [1.82, 2.24) is 0 Å². The SMILES string of the molecule is CCC=CC1CC2(C)CC1C1C2C2C=CC1(C)C2. The normalized spacial score (nSPS) is 60.1. The Bertz CT molecular complexity index is 431. The lowest BCUT2D eigenvalue weighted by Gasteiger charge is -2.43. The average molecular weight is 242 g/mol. The van der Waals surface area contributed by atoms with Crippen LogP contribution in [-0.4, -0.2) is 0 Å². The molecule has 3 saturated carbocycles. The van der Waals surface area contributed by atoms with E-state index in [0.29, 0.717) is 10.8 Å². The third kappa shape index (κ3) is 1.18. The first-order chi connectivity index (χ1) is 8.57. The predicted molar refractivity (Wildman–Crippen MR) is 76.1 cm³/mol. The molecule has 4 bridgehead atoms. The molecule has 0 nitrogen and oxygen atoms in total. The first kappa shape index (κ1) is 11.3. The molecule has 0 aromatic rings. The molecule has 4 aliphatic rings. The summed E-state index contributed by atoms with van der Waals surface area (Å²) in [6, 6.07) is 0. The van der Waals surface area contributed by atoms with Crippen molar-refractivity contribution in [3.63, 3.8) is 0 Å². The van der Waals surface area contributed by atoms with Crippen LogP contribution in [0, 0.1) is 40.4 Å². The largest absolute Gasteiger partial charge is 0.0885 e. The van der Waals surface area contributed by atoms with Crippen molar-refractivity contribution in [2.75, 3.05) is 0 Å². The molecule has 0 aliphatic heterocycles. The summed E-state index contributed by atoms with van der Waals surface area (Å²) in [4.78, 5) is 0. The summed E-state index contributed by atoms with van der Waals surface area (Å²) in [7, 11) is 0. The quantitative estimate of drug-likeness (QED) is 0.481. The second-order valence-electron chi connectivity index (χ2n) is 8.01. The summed E-state index contributed by atoms with van der Waals surface area (Å²) in [5.41, 5.74) is 1.21. The van der Waals surface area contributed by atoms with Crippen LogP contribution in [0.1, 0.15) is 46.5 Å². The average Bonchev–Trinajstić information content (AvgIpc) is 3.00. The second-order valence-corrected chi connectivity index (χ2v) is 8.01. The van der Waals surface area contributed by atoms with Crippen LogP contribution in [0.2, 0.25) is 0 Å². The highest BCUT2D eigenvalue weighted by atomic mass is 14.7. The zero-order valence-corrected chi connectivity index (χ0v) is 12.0. The summed E-state index contributed by atoms with van der Waals surface area (Å²) in [5.74, 6) is 4.82. The van der Waals surface area contributed by atoms with Crippen LogP contribution in [0.5, 0.6) is 0 Å². The maximum absolute atomic E-state index is 2.60. The van der Waals surface area contributed by atoms with Gasteiger partial charge < -0.3 is 0 Å². The molecule has 18 heavy (non-hydrogen) atoms. The Balaban J connectivity index is 1.71. The third-order valence-corrected chi connectivity index (χ3v) is 6.85. The van der Waals surface area contributed by atoms with Gasteiger partial charge in [-0.05, 0) is 66.1 Å². The van der Waals surface area contributed by atoms with E-state index in [-0.39, 0.29) is 0 Å². The monoisotopic (exact) mass is 242 g/mol. The number of hydrogen-bond acceptors (Lipinski definition) is 0. The molecule has 4 aliphatic carbocycles. The van der Waals surface area contributed by atoms with Crippen molar-refractivity contribution >= 4 is 0 Å². The van der Waals surface area contributed by atoms with Gasteiger partial charge in [0.2, 0.25) is 0 Å². The van der Waals surface area contributed by atoms with Crippen LogP contribution in [0.4, 0.5) is 0 Å².